The largest absolute Gasteiger partial charge is 0.399 e. The van der Waals surface area contributed by atoms with Crippen molar-refractivity contribution in [1.29, 1.82) is 0 Å². The molecule has 0 aromatic heterocycles. The molecular formula is C14H22N2O. The van der Waals surface area contributed by atoms with E-state index in [-0.39, 0.29) is 0 Å². The summed E-state index contributed by atoms with van der Waals surface area (Å²) >= 11 is 0. The van der Waals surface area contributed by atoms with Gasteiger partial charge in [-0.15, -0.1) is 0 Å². The summed E-state index contributed by atoms with van der Waals surface area (Å²) in [6.45, 7) is 3.70. The van der Waals surface area contributed by atoms with Crippen molar-refractivity contribution in [2.45, 2.75) is 19.3 Å². The van der Waals surface area contributed by atoms with Crippen molar-refractivity contribution in [1.82, 2.24) is 5.32 Å². The first-order chi connectivity index (χ1) is 8.34. The molecule has 0 saturated heterocycles. The molecule has 17 heavy (non-hydrogen) atoms. The maximum absolute atomic E-state index is 5.72. The third-order valence-corrected chi connectivity index (χ3v) is 3.02. The summed E-state index contributed by atoms with van der Waals surface area (Å²) < 4.78 is 5.55. The first kappa shape index (κ1) is 12.4. The van der Waals surface area contributed by atoms with E-state index in [1.807, 2.05) is 18.2 Å². The second-order valence-electron chi connectivity index (χ2n) is 4.76. The minimum absolute atomic E-state index is 0.827. The molecule has 0 heterocycles. The Balaban J connectivity index is 1.47. The van der Waals surface area contributed by atoms with Crippen molar-refractivity contribution in [2.24, 2.45) is 5.92 Å². The number of hydrogen-bond donors (Lipinski definition) is 2. The van der Waals surface area contributed by atoms with Gasteiger partial charge < -0.3 is 15.8 Å². The molecule has 0 atom stereocenters. The molecule has 3 nitrogen and oxygen atoms in total. The number of nitrogens with two attached hydrogens (primary N) is 1. The van der Waals surface area contributed by atoms with Crippen LogP contribution in [0, 0.1) is 5.92 Å². The Morgan fingerprint density at radius 1 is 1.29 bits per heavy atom. The lowest BCUT2D eigenvalue weighted by molar-refractivity contribution is 0.126. The molecule has 94 valence electrons. The Morgan fingerprint density at radius 2 is 2.18 bits per heavy atom. The lowest BCUT2D eigenvalue weighted by Crippen LogP contribution is -2.22. The van der Waals surface area contributed by atoms with Gasteiger partial charge in [-0.3, -0.25) is 0 Å². The average molecular weight is 234 g/mol. The Labute approximate surface area is 103 Å². The maximum atomic E-state index is 5.72. The van der Waals surface area contributed by atoms with Crippen molar-refractivity contribution in [3.8, 4) is 0 Å². The van der Waals surface area contributed by atoms with Gasteiger partial charge >= 0.3 is 0 Å². The quantitative estimate of drug-likeness (QED) is 0.533. The van der Waals surface area contributed by atoms with E-state index in [1.165, 1.54) is 18.4 Å². The summed E-state index contributed by atoms with van der Waals surface area (Å²) in [5.74, 6) is 0.863. The maximum Gasteiger partial charge on any atom is 0.0591 e. The van der Waals surface area contributed by atoms with Crippen LogP contribution in [0.3, 0.4) is 0 Å². The summed E-state index contributed by atoms with van der Waals surface area (Å²) in [5, 5.41) is 3.38. The van der Waals surface area contributed by atoms with E-state index in [0.29, 0.717) is 0 Å². The number of anilines is 1. The highest BCUT2D eigenvalue weighted by molar-refractivity contribution is 5.40. The van der Waals surface area contributed by atoms with Crippen LogP contribution in [0.25, 0.3) is 0 Å². The van der Waals surface area contributed by atoms with Crippen LogP contribution in [0.4, 0.5) is 5.69 Å². The van der Waals surface area contributed by atoms with Gasteiger partial charge in [0.05, 0.1) is 6.61 Å². The van der Waals surface area contributed by atoms with E-state index in [0.717, 1.165) is 44.3 Å². The standard InChI is InChI=1S/C14H22N2O/c15-14-3-1-2-12(10-14)6-7-16-8-9-17-11-13-4-5-13/h1-3,10,13,16H,4-9,11,15H2. The molecule has 2 rings (SSSR count). The molecule has 3 N–H and O–H groups in total. The number of rotatable bonds is 8. The van der Waals surface area contributed by atoms with Crippen LogP contribution in [0.5, 0.6) is 0 Å². The van der Waals surface area contributed by atoms with E-state index in [1.54, 1.807) is 0 Å². The zero-order chi connectivity index (χ0) is 11.9. The molecular weight excluding hydrogens is 212 g/mol. The van der Waals surface area contributed by atoms with Gasteiger partial charge in [-0.1, -0.05) is 12.1 Å². The summed E-state index contributed by atoms with van der Waals surface area (Å²) in [6.07, 6.45) is 3.75. The Hall–Kier alpha value is -1.06. The molecule has 1 aliphatic carbocycles. The minimum atomic E-state index is 0.827. The molecule has 1 aliphatic rings. The fourth-order valence-electron chi connectivity index (χ4n) is 1.79. The summed E-state index contributed by atoms with van der Waals surface area (Å²) in [5.41, 5.74) is 7.85. The molecule has 1 fully saturated rings. The fraction of sp³-hybridized carbons (Fsp3) is 0.571. The van der Waals surface area contributed by atoms with Crippen LogP contribution >= 0.6 is 0 Å². The van der Waals surface area contributed by atoms with Crippen LogP contribution in [0.2, 0.25) is 0 Å². The van der Waals surface area contributed by atoms with E-state index in [9.17, 15) is 0 Å². The topological polar surface area (TPSA) is 47.3 Å². The number of nitrogens with one attached hydrogen (secondary N) is 1. The average Bonchev–Trinajstić information content (AvgIpc) is 3.12. The highest BCUT2D eigenvalue weighted by Crippen LogP contribution is 2.28. The smallest absolute Gasteiger partial charge is 0.0591 e. The SMILES string of the molecule is Nc1cccc(CCNCCOCC2CC2)c1. The first-order valence-corrected chi connectivity index (χ1v) is 6.47. The van der Waals surface area contributed by atoms with Crippen LogP contribution in [-0.4, -0.2) is 26.3 Å². The number of ether oxygens (including phenoxy) is 1. The summed E-state index contributed by atoms with van der Waals surface area (Å²) in [4.78, 5) is 0. The zero-order valence-electron chi connectivity index (χ0n) is 10.3. The zero-order valence-corrected chi connectivity index (χ0v) is 10.3. The van der Waals surface area contributed by atoms with Crippen LogP contribution in [-0.2, 0) is 11.2 Å². The number of hydrogen-bond acceptors (Lipinski definition) is 3. The molecule has 0 radical (unpaired) electrons. The summed E-state index contributed by atoms with van der Waals surface area (Å²) in [6, 6.07) is 8.07. The molecule has 0 amide bonds. The van der Waals surface area contributed by atoms with Crippen LogP contribution in [0.1, 0.15) is 18.4 Å². The van der Waals surface area contributed by atoms with Crippen LogP contribution < -0.4 is 11.1 Å². The van der Waals surface area contributed by atoms with Crippen LogP contribution in [0.15, 0.2) is 24.3 Å². The molecule has 0 unspecified atom stereocenters. The Kier molecular flexibility index (Phi) is 4.83. The van der Waals surface area contributed by atoms with Gasteiger partial charge in [0.1, 0.15) is 0 Å². The molecule has 0 aliphatic heterocycles. The third-order valence-electron chi connectivity index (χ3n) is 3.02. The van der Waals surface area contributed by atoms with E-state index >= 15 is 0 Å². The second kappa shape index (κ2) is 6.62. The predicted molar refractivity (Wildman–Crippen MR) is 71.0 cm³/mol. The van der Waals surface area contributed by atoms with Gasteiger partial charge in [-0.2, -0.15) is 0 Å². The van der Waals surface area contributed by atoms with Gasteiger partial charge in [0.15, 0.2) is 0 Å². The number of benzene rings is 1. The molecule has 1 aromatic carbocycles. The van der Waals surface area contributed by atoms with Gasteiger partial charge in [0.25, 0.3) is 0 Å². The molecule has 0 bridgehead atoms. The monoisotopic (exact) mass is 234 g/mol. The lowest BCUT2D eigenvalue weighted by Gasteiger charge is -2.06. The van der Waals surface area contributed by atoms with Crippen molar-refractivity contribution < 1.29 is 4.74 Å². The van der Waals surface area contributed by atoms with E-state index in [2.05, 4.69) is 11.4 Å². The lowest BCUT2D eigenvalue weighted by atomic mass is 10.1. The second-order valence-corrected chi connectivity index (χ2v) is 4.76. The fourth-order valence-corrected chi connectivity index (χ4v) is 1.79. The third kappa shape index (κ3) is 5.20. The minimum Gasteiger partial charge on any atom is -0.399 e. The highest BCUT2D eigenvalue weighted by atomic mass is 16.5. The van der Waals surface area contributed by atoms with E-state index in [4.69, 9.17) is 10.5 Å². The normalized spacial score (nSPS) is 15.1. The summed E-state index contributed by atoms with van der Waals surface area (Å²) in [7, 11) is 0. The van der Waals surface area contributed by atoms with Crippen molar-refractivity contribution in [3.63, 3.8) is 0 Å². The first-order valence-electron chi connectivity index (χ1n) is 6.47. The van der Waals surface area contributed by atoms with Crippen molar-refractivity contribution >= 4 is 5.69 Å². The van der Waals surface area contributed by atoms with E-state index < -0.39 is 0 Å². The molecule has 1 saturated carbocycles. The van der Waals surface area contributed by atoms with Gasteiger partial charge in [0, 0.05) is 18.8 Å². The number of nitrogen functional groups attached to an aromatic ring is 1. The molecule has 0 spiro atoms. The van der Waals surface area contributed by atoms with Gasteiger partial charge in [0.2, 0.25) is 0 Å². The van der Waals surface area contributed by atoms with Crippen molar-refractivity contribution in [3.05, 3.63) is 29.8 Å². The Morgan fingerprint density at radius 3 is 2.94 bits per heavy atom. The van der Waals surface area contributed by atoms with Gasteiger partial charge in [-0.05, 0) is 49.4 Å². The Bertz CT molecular complexity index is 337. The van der Waals surface area contributed by atoms with Gasteiger partial charge in [-0.25, -0.2) is 0 Å². The molecule has 1 aromatic rings. The van der Waals surface area contributed by atoms with Crippen molar-refractivity contribution in [2.75, 3.05) is 32.0 Å². The predicted octanol–water partition coefficient (Wildman–Crippen LogP) is 1.83. The highest BCUT2D eigenvalue weighted by Gasteiger charge is 2.20. The molecule has 3 heteroatoms.